The molecular formula is C75H139NO13. The summed E-state index contributed by atoms with van der Waals surface area (Å²) in [5.74, 6) is -0.200. The van der Waals surface area contributed by atoms with Crippen LogP contribution in [0.25, 0.3) is 0 Å². The van der Waals surface area contributed by atoms with Crippen LogP contribution in [0.15, 0.2) is 48.6 Å². The van der Waals surface area contributed by atoms with Gasteiger partial charge in [-0.2, -0.15) is 0 Å². The fraction of sp³-hybridized carbons (Fsp3) is 0.880. The number of hydrogen-bond acceptors (Lipinski definition) is 13. The summed E-state index contributed by atoms with van der Waals surface area (Å²) in [6.07, 6.45) is 61.3. The number of aliphatic hydroxyl groups excluding tert-OH is 8. The lowest BCUT2D eigenvalue weighted by atomic mass is 9.97. The topological polar surface area (TPSA) is 228 Å². The van der Waals surface area contributed by atoms with Gasteiger partial charge in [-0.1, -0.05) is 319 Å². The summed E-state index contributed by atoms with van der Waals surface area (Å²) in [5.41, 5.74) is 0. The highest BCUT2D eigenvalue weighted by Crippen LogP contribution is 2.30. The van der Waals surface area contributed by atoms with Crippen LogP contribution in [-0.2, 0) is 23.7 Å². The molecule has 2 heterocycles. The van der Waals surface area contributed by atoms with E-state index in [4.69, 9.17) is 18.9 Å². The van der Waals surface area contributed by atoms with Crippen LogP contribution in [0.3, 0.4) is 0 Å². The molecule has 0 radical (unpaired) electrons. The predicted molar refractivity (Wildman–Crippen MR) is 364 cm³/mol. The third kappa shape index (κ3) is 43.5. The number of hydrogen-bond donors (Lipinski definition) is 9. The van der Waals surface area contributed by atoms with Gasteiger partial charge >= 0.3 is 0 Å². The molecule has 2 aliphatic heterocycles. The normalized spacial score (nSPS) is 23.3. The Labute approximate surface area is 543 Å². The highest BCUT2D eigenvalue weighted by molar-refractivity contribution is 5.76. The van der Waals surface area contributed by atoms with E-state index < -0.39 is 86.8 Å². The smallest absolute Gasteiger partial charge is 0.220 e. The van der Waals surface area contributed by atoms with Crippen molar-refractivity contribution in [3.05, 3.63) is 48.6 Å². The van der Waals surface area contributed by atoms with E-state index >= 15 is 0 Å². The lowest BCUT2D eigenvalue weighted by Crippen LogP contribution is -2.65. The number of amides is 1. The van der Waals surface area contributed by atoms with Gasteiger partial charge in [-0.25, -0.2) is 0 Å². The Morgan fingerprint density at radius 1 is 0.416 bits per heavy atom. The molecule has 0 saturated carbocycles. The van der Waals surface area contributed by atoms with E-state index in [2.05, 4.69) is 67.8 Å². The Balaban J connectivity index is 1.62. The van der Waals surface area contributed by atoms with E-state index in [9.17, 15) is 45.6 Å². The Kier molecular flexibility index (Phi) is 55.7. The Morgan fingerprint density at radius 3 is 1.19 bits per heavy atom. The van der Waals surface area contributed by atoms with Crippen molar-refractivity contribution in [1.82, 2.24) is 5.32 Å². The molecule has 9 N–H and O–H groups in total. The van der Waals surface area contributed by atoms with Crippen molar-refractivity contribution in [1.29, 1.82) is 0 Å². The SMILES string of the molecule is CC/C=C\C/C=C\C/C=C\C/C=C\CCCCCCCCCCCCCCCCCCCCCCC(=O)NC(COC1OC(CO)C(OC2OC(CO)C(O)C(O)C2O)C(O)C1O)C(O)CCCCCCCCCCCCCCCCCCCCCCCC. The van der Waals surface area contributed by atoms with Crippen LogP contribution in [0, 0.1) is 0 Å². The summed E-state index contributed by atoms with van der Waals surface area (Å²) in [5, 5.41) is 87.7. The Hall–Kier alpha value is -2.05. The third-order valence-electron chi connectivity index (χ3n) is 18.3. The van der Waals surface area contributed by atoms with Gasteiger partial charge in [-0.3, -0.25) is 4.79 Å². The molecule has 14 heteroatoms. The molecule has 0 aromatic carbocycles. The molecule has 2 saturated heterocycles. The van der Waals surface area contributed by atoms with Crippen molar-refractivity contribution < 1.29 is 64.6 Å². The lowest BCUT2D eigenvalue weighted by Gasteiger charge is -2.46. The number of carbonyl (C=O) groups is 1. The molecule has 0 spiro atoms. The second-order valence-electron chi connectivity index (χ2n) is 26.4. The number of allylic oxidation sites excluding steroid dienone is 8. The van der Waals surface area contributed by atoms with Gasteiger partial charge in [0, 0.05) is 6.42 Å². The molecule has 0 aromatic heterocycles. The van der Waals surface area contributed by atoms with Crippen molar-refractivity contribution in [2.75, 3.05) is 19.8 Å². The quantitative estimate of drug-likeness (QED) is 0.0204. The van der Waals surface area contributed by atoms with E-state index in [-0.39, 0.29) is 12.5 Å². The van der Waals surface area contributed by atoms with Gasteiger partial charge in [0.2, 0.25) is 5.91 Å². The summed E-state index contributed by atoms with van der Waals surface area (Å²) in [4.78, 5) is 13.4. The summed E-state index contributed by atoms with van der Waals surface area (Å²) in [6.45, 7) is 2.80. The molecule has 14 nitrogen and oxygen atoms in total. The van der Waals surface area contributed by atoms with Crippen LogP contribution in [0.2, 0.25) is 0 Å². The van der Waals surface area contributed by atoms with Gasteiger partial charge < -0.3 is 65.1 Å². The number of nitrogens with one attached hydrogen (secondary N) is 1. The molecule has 2 rings (SSSR count). The Morgan fingerprint density at radius 2 is 0.775 bits per heavy atom. The molecule has 2 fully saturated rings. The van der Waals surface area contributed by atoms with Crippen LogP contribution in [0.5, 0.6) is 0 Å². The molecule has 2 aliphatic rings. The maximum Gasteiger partial charge on any atom is 0.220 e. The molecule has 12 atom stereocenters. The Bertz CT molecular complexity index is 1680. The predicted octanol–water partition coefficient (Wildman–Crippen LogP) is 15.9. The van der Waals surface area contributed by atoms with Crippen LogP contribution in [-0.4, -0.2) is 140 Å². The molecular weight excluding hydrogens is 1120 g/mol. The van der Waals surface area contributed by atoms with Gasteiger partial charge in [0.1, 0.15) is 48.8 Å². The zero-order valence-electron chi connectivity index (χ0n) is 56.9. The molecule has 1 amide bonds. The molecule has 522 valence electrons. The van der Waals surface area contributed by atoms with Crippen molar-refractivity contribution in [2.24, 2.45) is 0 Å². The van der Waals surface area contributed by atoms with Gasteiger partial charge in [-0.05, 0) is 51.4 Å². The second kappa shape index (κ2) is 59.7. The number of aliphatic hydroxyl groups is 8. The fourth-order valence-corrected chi connectivity index (χ4v) is 12.4. The van der Waals surface area contributed by atoms with E-state index in [1.807, 2.05) is 0 Å². The lowest BCUT2D eigenvalue weighted by molar-refractivity contribution is -0.359. The molecule has 12 unspecified atom stereocenters. The minimum atomic E-state index is -1.78. The average molecular weight is 1260 g/mol. The number of unbranched alkanes of at least 4 members (excludes halogenated alkanes) is 41. The molecule has 0 aliphatic carbocycles. The molecule has 89 heavy (non-hydrogen) atoms. The highest BCUT2D eigenvalue weighted by Gasteiger charge is 2.51. The summed E-state index contributed by atoms with van der Waals surface area (Å²) in [6, 6.07) is -0.829. The van der Waals surface area contributed by atoms with E-state index in [0.29, 0.717) is 12.8 Å². The minimum Gasteiger partial charge on any atom is -0.394 e. The molecule has 0 bridgehead atoms. The maximum absolute atomic E-state index is 13.4. The van der Waals surface area contributed by atoms with Crippen LogP contribution >= 0.6 is 0 Å². The first-order valence-corrected chi connectivity index (χ1v) is 37.4. The van der Waals surface area contributed by atoms with E-state index in [1.165, 1.54) is 225 Å². The highest BCUT2D eigenvalue weighted by atomic mass is 16.7. The number of carbonyl (C=O) groups excluding carboxylic acids is 1. The summed E-state index contributed by atoms with van der Waals surface area (Å²) in [7, 11) is 0. The van der Waals surface area contributed by atoms with Gasteiger partial charge in [-0.15, -0.1) is 0 Å². The van der Waals surface area contributed by atoms with Crippen molar-refractivity contribution in [3.8, 4) is 0 Å². The van der Waals surface area contributed by atoms with Gasteiger partial charge in [0.05, 0.1) is 32.0 Å². The average Bonchev–Trinajstić information content (AvgIpc) is 2.75. The van der Waals surface area contributed by atoms with Crippen molar-refractivity contribution in [2.45, 2.75) is 402 Å². The number of ether oxygens (including phenoxy) is 4. The largest absolute Gasteiger partial charge is 0.394 e. The van der Waals surface area contributed by atoms with Crippen LogP contribution in [0.4, 0.5) is 0 Å². The first-order chi connectivity index (χ1) is 43.6. The van der Waals surface area contributed by atoms with Crippen LogP contribution < -0.4 is 5.32 Å². The first-order valence-electron chi connectivity index (χ1n) is 37.4. The summed E-state index contributed by atoms with van der Waals surface area (Å²) < 4.78 is 23.0. The molecule has 0 aromatic rings. The zero-order valence-corrected chi connectivity index (χ0v) is 56.9. The maximum atomic E-state index is 13.4. The van der Waals surface area contributed by atoms with Crippen molar-refractivity contribution in [3.63, 3.8) is 0 Å². The van der Waals surface area contributed by atoms with Gasteiger partial charge in [0.25, 0.3) is 0 Å². The van der Waals surface area contributed by atoms with E-state index in [0.717, 1.165) is 77.0 Å². The summed E-state index contributed by atoms with van der Waals surface area (Å²) >= 11 is 0. The minimum absolute atomic E-state index is 0.200. The van der Waals surface area contributed by atoms with Crippen LogP contribution in [0.1, 0.15) is 328 Å². The third-order valence-corrected chi connectivity index (χ3v) is 18.3. The monoisotopic (exact) mass is 1260 g/mol. The standard InChI is InChI=1S/C75H139NO13/c1-3-5-7-9-11-13-15-17-19-21-23-25-27-28-29-30-31-32-33-34-35-36-37-39-41-43-45-47-49-51-53-55-57-59-67(80)76-63(62-86-74-72(85)70(83)73(66(61-78)88-74)89-75-71(84)69(82)68(81)65(60-77)87-75)64(79)58-56-54-52-50-48-46-44-42-40-38-26-24-22-20-18-16-14-12-10-8-6-4-2/h5,7,11,13,17,19,23,25,63-66,68-75,77-79,81-85H,3-4,6,8-10,12,14-16,18,20-22,24,26-62H2,1-2H3,(H,76,80)/b7-5-,13-11-,19-17-,25-23-. The zero-order chi connectivity index (χ0) is 64.5. The first kappa shape index (κ1) is 83.0. The fourth-order valence-electron chi connectivity index (χ4n) is 12.4. The second-order valence-corrected chi connectivity index (χ2v) is 26.4. The number of rotatable bonds is 62. The van der Waals surface area contributed by atoms with Gasteiger partial charge in [0.15, 0.2) is 12.6 Å². The van der Waals surface area contributed by atoms with Crippen molar-refractivity contribution >= 4 is 5.91 Å². The van der Waals surface area contributed by atoms with E-state index in [1.54, 1.807) is 0 Å².